The van der Waals surface area contributed by atoms with Crippen LogP contribution in [0.1, 0.15) is 30.0 Å². The minimum absolute atomic E-state index is 0.163. The van der Waals surface area contributed by atoms with Crippen LogP contribution in [0.15, 0.2) is 24.4 Å². The molecule has 19 heavy (non-hydrogen) atoms. The third kappa shape index (κ3) is 3.04. The Morgan fingerprint density at radius 1 is 1.47 bits per heavy atom. The Labute approximate surface area is 116 Å². The highest BCUT2D eigenvalue weighted by molar-refractivity contribution is 6.20. The van der Waals surface area contributed by atoms with Crippen molar-refractivity contribution in [3.8, 4) is 5.75 Å². The van der Waals surface area contributed by atoms with Gasteiger partial charge in [-0.3, -0.25) is 0 Å². The Morgan fingerprint density at radius 2 is 2.26 bits per heavy atom. The number of nitrogens with zero attached hydrogens (tertiary/aromatic N) is 3. The number of ether oxygens (including phenoxy) is 1. The summed E-state index contributed by atoms with van der Waals surface area (Å²) >= 11 is 6.08. The van der Waals surface area contributed by atoms with Crippen molar-refractivity contribution in [1.82, 2.24) is 15.0 Å². The normalized spacial score (nSPS) is 12.4. The van der Waals surface area contributed by atoms with E-state index in [2.05, 4.69) is 10.3 Å². The molecule has 6 heteroatoms. The molecule has 2 aromatic rings. The first-order valence-electron chi connectivity index (χ1n) is 6.01. The zero-order valence-corrected chi connectivity index (χ0v) is 11.6. The first-order chi connectivity index (χ1) is 9.15. The number of alkyl halides is 1. The number of benzene rings is 1. The maximum Gasteiger partial charge on any atom is 0.170 e. The molecular weight excluding hydrogens is 269 g/mol. The number of hydrogen-bond donors (Lipinski definition) is 0. The fourth-order valence-corrected chi connectivity index (χ4v) is 1.85. The van der Waals surface area contributed by atoms with Crippen LogP contribution in [-0.2, 0) is 6.54 Å². The Balaban J connectivity index is 2.19. The van der Waals surface area contributed by atoms with Crippen LogP contribution in [0.5, 0.6) is 5.75 Å². The van der Waals surface area contributed by atoms with Crippen molar-refractivity contribution in [2.45, 2.75) is 25.3 Å². The van der Waals surface area contributed by atoms with Gasteiger partial charge in [0.05, 0.1) is 25.2 Å². The van der Waals surface area contributed by atoms with Crippen LogP contribution in [0.25, 0.3) is 0 Å². The molecule has 2 rings (SSSR count). The fraction of sp³-hybridized carbons (Fsp3) is 0.385. The van der Waals surface area contributed by atoms with Crippen molar-refractivity contribution < 1.29 is 9.13 Å². The van der Waals surface area contributed by atoms with Crippen molar-refractivity contribution >= 4 is 11.6 Å². The van der Waals surface area contributed by atoms with Gasteiger partial charge in [0.1, 0.15) is 5.69 Å². The highest BCUT2D eigenvalue weighted by atomic mass is 35.5. The molecule has 0 N–H and O–H groups in total. The van der Waals surface area contributed by atoms with Gasteiger partial charge in [-0.15, -0.1) is 16.7 Å². The standard InChI is InChI=1S/C13H15ClFN3O/c1-3-10(14)11-8-18(17-16-11)7-9-5-4-6-12(19-2)13(9)15/h4-6,8,10H,3,7H2,1-2H3. The molecule has 0 amide bonds. The molecule has 0 fully saturated rings. The number of halogens is 2. The smallest absolute Gasteiger partial charge is 0.170 e. The lowest BCUT2D eigenvalue weighted by atomic mass is 10.2. The van der Waals surface area contributed by atoms with E-state index < -0.39 is 0 Å². The second kappa shape index (κ2) is 6.02. The molecule has 0 spiro atoms. The molecule has 102 valence electrons. The molecule has 0 aliphatic carbocycles. The third-order valence-electron chi connectivity index (χ3n) is 2.83. The molecule has 0 bridgehead atoms. The van der Waals surface area contributed by atoms with E-state index in [9.17, 15) is 4.39 Å². The van der Waals surface area contributed by atoms with E-state index in [4.69, 9.17) is 16.3 Å². The van der Waals surface area contributed by atoms with Gasteiger partial charge in [-0.2, -0.15) is 0 Å². The van der Waals surface area contributed by atoms with Crippen molar-refractivity contribution in [3.63, 3.8) is 0 Å². The van der Waals surface area contributed by atoms with Gasteiger partial charge in [-0.25, -0.2) is 9.07 Å². The van der Waals surface area contributed by atoms with E-state index in [1.54, 1.807) is 29.1 Å². The van der Waals surface area contributed by atoms with Gasteiger partial charge in [0.15, 0.2) is 11.6 Å². The largest absolute Gasteiger partial charge is 0.494 e. The van der Waals surface area contributed by atoms with E-state index in [1.807, 2.05) is 6.92 Å². The Bertz CT molecular complexity index is 559. The lowest BCUT2D eigenvalue weighted by molar-refractivity contribution is 0.383. The van der Waals surface area contributed by atoms with Crippen LogP contribution in [0.4, 0.5) is 4.39 Å². The Morgan fingerprint density at radius 3 is 2.95 bits per heavy atom. The molecule has 1 aromatic heterocycles. The molecule has 1 aromatic carbocycles. The number of methoxy groups -OCH3 is 1. The van der Waals surface area contributed by atoms with Gasteiger partial charge in [0.25, 0.3) is 0 Å². The minimum atomic E-state index is -0.375. The van der Waals surface area contributed by atoms with Crippen LogP contribution in [0.2, 0.25) is 0 Å². The summed E-state index contributed by atoms with van der Waals surface area (Å²) in [6.07, 6.45) is 2.51. The van der Waals surface area contributed by atoms with Crippen LogP contribution in [-0.4, -0.2) is 22.1 Å². The van der Waals surface area contributed by atoms with E-state index in [0.717, 1.165) is 6.42 Å². The van der Waals surface area contributed by atoms with E-state index in [0.29, 0.717) is 17.8 Å². The van der Waals surface area contributed by atoms with Gasteiger partial charge < -0.3 is 4.74 Å². The molecule has 0 saturated heterocycles. The predicted octanol–water partition coefficient (Wildman–Crippen LogP) is 3.16. The summed E-state index contributed by atoms with van der Waals surface area (Å²) < 4.78 is 20.5. The zero-order chi connectivity index (χ0) is 13.8. The summed E-state index contributed by atoms with van der Waals surface area (Å²) in [7, 11) is 1.44. The van der Waals surface area contributed by atoms with Crippen molar-refractivity contribution in [3.05, 3.63) is 41.5 Å². The average Bonchev–Trinajstić information content (AvgIpc) is 2.89. The zero-order valence-electron chi connectivity index (χ0n) is 10.8. The summed E-state index contributed by atoms with van der Waals surface area (Å²) in [6.45, 7) is 2.27. The summed E-state index contributed by atoms with van der Waals surface area (Å²) in [5.74, 6) is -0.151. The molecule has 4 nitrogen and oxygen atoms in total. The molecule has 0 radical (unpaired) electrons. The number of rotatable bonds is 5. The fourth-order valence-electron chi connectivity index (χ4n) is 1.75. The second-order valence-corrected chi connectivity index (χ2v) is 4.68. The lowest BCUT2D eigenvalue weighted by Crippen LogP contribution is -2.03. The Hall–Kier alpha value is -1.62. The van der Waals surface area contributed by atoms with Gasteiger partial charge in [-0.1, -0.05) is 24.3 Å². The topological polar surface area (TPSA) is 39.9 Å². The number of hydrogen-bond acceptors (Lipinski definition) is 3. The Kier molecular flexibility index (Phi) is 4.37. The lowest BCUT2D eigenvalue weighted by Gasteiger charge is -2.06. The molecule has 0 aliphatic heterocycles. The minimum Gasteiger partial charge on any atom is -0.494 e. The SMILES string of the molecule is CCC(Cl)c1cn(Cc2cccc(OC)c2F)nn1. The third-order valence-corrected chi connectivity index (χ3v) is 3.36. The molecule has 1 atom stereocenters. The molecule has 1 heterocycles. The van der Waals surface area contributed by atoms with Crippen molar-refractivity contribution in [2.24, 2.45) is 0 Å². The summed E-state index contributed by atoms with van der Waals surface area (Å²) in [5.41, 5.74) is 1.20. The van der Waals surface area contributed by atoms with Gasteiger partial charge in [0, 0.05) is 5.56 Å². The molecule has 0 saturated carbocycles. The highest BCUT2D eigenvalue weighted by Gasteiger charge is 2.12. The molecular formula is C13H15ClFN3O. The van der Waals surface area contributed by atoms with Crippen LogP contribution >= 0.6 is 11.6 Å². The summed E-state index contributed by atoms with van der Waals surface area (Å²) in [4.78, 5) is 0. The van der Waals surface area contributed by atoms with E-state index >= 15 is 0 Å². The molecule has 1 unspecified atom stereocenters. The highest BCUT2D eigenvalue weighted by Crippen LogP contribution is 2.23. The average molecular weight is 284 g/mol. The van der Waals surface area contributed by atoms with Gasteiger partial charge in [0.2, 0.25) is 0 Å². The van der Waals surface area contributed by atoms with E-state index in [1.165, 1.54) is 7.11 Å². The quantitative estimate of drug-likeness (QED) is 0.791. The van der Waals surface area contributed by atoms with Crippen molar-refractivity contribution in [1.29, 1.82) is 0 Å². The maximum absolute atomic E-state index is 14.0. The van der Waals surface area contributed by atoms with Crippen molar-refractivity contribution in [2.75, 3.05) is 7.11 Å². The summed E-state index contributed by atoms with van der Waals surface area (Å²) in [5, 5.41) is 7.77. The van der Waals surface area contributed by atoms with Crippen LogP contribution in [0.3, 0.4) is 0 Å². The van der Waals surface area contributed by atoms with Crippen LogP contribution in [0, 0.1) is 5.82 Å². The van der Waals surface area contributed by atoms with Gasteiger partial charge >= 0.3 is 0 Å². The van der Waals surface area contributed by atoms with Gasteiger partial charge in [-0.05, 0) is 12.5 Å². The second-order valence-electron chi connectivity index (χ2n) is 4.15. The number of aromatic nitrogens is 3. The first-order valence-corrected chi connectivity index (χ1v) is 6.44. The maximum atomic E-state index is 14.0. The predicted molar refractivity (Wildman–Crippen MR) is 71.0 cm³/mol. The molecule has 0 aliphatic rings. The van der Waals surface area contributed by atoms with E-state index in [-0.39, 0.29) is 16.9 Å². The monoisotopic (exact) mass is 283 g/mol. The first kappa shape index (κ1) is 13.8. The van der Waals surface area contributed by atoms with Crippen LogP contribution < -0.4 is 4.74 Å². The summed E-state index contributed by atoms with van der Waals surface area (Å²) in [6, 6.07) is 5.01.